The van der Waals surface area contributed by atoms with Crippen molar-refractivity contribution < 1.29 is 24.0 Å². The van der Waals surface area contributed by atoms with Crippen molar-refractivity contribution in [1.82, 2.24) is 10.1 Å². The van der Waals surface area contributed by atoms with E-state index in [4.69, 9.17) is 14.4 Å². The van der Waals surface area contributed by atoms with Crippen LogP contribution in [0.2, 0.25) is 0 Å². The number of nitrogens with one attached hydrogen (secondary N) is 1. The Balaban J connectivity index is 1.60. The summed E-state index contributed by atoms with van der Waals surface area (Å²) in [6.07, 6.45) is -0.826. The summed E-state index contributed by atoms with van der Waals surface area (Å²) in [4.78, 5) is 27.0. The van der Waals surface area contributed by atoms with Crippen molar-refractivity contribution in [2.75, 3.05) is 5.32 Å². The number of carboxylic acid groups (broad SMARTS) is 1. The Kier molecular flexibility index (Phi) is 4.70. The van der Waals surface area contributed by atoms with Crippen molar-refractivity contribution in [3.05, 3.63) is 66.1 Å². The van der Waals surface area contributed by atoms with Gasteiger partial charge in [-0.15, -0.1) is 0 Å². The molecule has 1 amide bonds. The maximum Gasteiger partial charge on any atom is 0.412 e. The number of para-hydroxylation sites is 1. The second kappa shape index (κ2) is 7.26. The topological polar surface area (TPSA) is 115 Å². The van der Waals surface area contributed by atoms with E-state index in [1.54, 1.807) is 12.1 Å². The maximum atomic E-state index is 11.8. The SMILES string of the molecule is O=C(Nc1ccccc1C(=O)O)OCc1nc(-c2ccccc2)no1. The minimum Gasteiger partial charge on any atom is -0.478 e. The standard InChI is InChI=1S/C17H13N3O5/c21-16(22)12-8-4-5-9-13(12)18-17(23)24-10-14-19-15(20-25-14)11-6-2-1-3-7-11/h1-9H,10H2,(H,18,23)(H,21,22). The van der Waals surface area contributed by atoms with Crippen LogP contribution >= 0.6 is 0 Å². The average molecular weight is 339 g/mol. The van der Waals surface area contributed by atoms with Gasteiger partial charge in [0.15, 0.2) is 6.61 Å². The Bertz CT molecular complexity index is 892. The predicted molar refractivity (Wildman–Crippen MR) is 86.9 cm³/mol. The highest BCUT2D eigenvalue weighted by molar-refractivity contribution is 5.98. The van der Waals surface area contributed by atoms with Gasteiger partial charge in [-0.2, -0.15) is 4.98 Å². The Labute approximate surface area is 142 Å². The summed E-state index contributed by atoms with van der Waals surface area (Å²) in [5.41, 5.74) is 0.872. The van der Waals surface area contributed by atoms with Gasteiger partial charge in [0.1, 0.15) is 0 Å². The van der Waals surface area contributed by atoms with Crippen molar-refractivity contribution in [3.8, 4) is 11.4 Å². The molecule has 0 fully saturated rings. The van der Waals surface area contributed by atoms with Gasteiger partial charge in [0.05, 0.1) is 11.3 Å². The van der Waals surface area contributed by atoms with E-state index in [0.29, 0.717) is 5.82 Å². The van der Waals surface area contributed by atoms with Crippen LogP contribution in [0.3, 0.4) is 0 Å². The molecule has 0 saturated carbocycles. The Morgan fingerprint density at radius 2 is 1.80 bits per heavy atom. The minimum absolute atomic E-state index is 0.0383. The number of anilines is 1. The van der Waals surface area contributed by atoms with Crippen LogP contribution in [0, 0.1) is 0 Å². The van der Waals surface area contributed by atoms with Gasteiger partial charge in [-0.05, 0) is 12.1 Å². The van der Waals surface area contributed by atoms with E-state index in [2.05, 4.69) is 15.5 Å². The lowest BCUT2D eigenvalue weighted by atomic mass is 10.2. The first-order chi connectivity index (χ1) is 12.1. The van der Waals surface area contributed by atoms with Crippen molar-refractivity contribution in [1.29, 1.82) is 0 Å². The van der Waals surface area contributed by atoms with Gasteiger partial charge in [0.25, 0.3) is 5.89 Å². The quantitative estimate of drug-likeness (QED) is 0.733. The molecule has 1 heterocycles. The molecule has 3 rings (SSSR count). The molecule has 8 heteroatoms. The molecule has 0 unspecified atom stereocenters. The van der Waals surface area contributed by atoms with Gasteiger partial charge in [-0.25, -0.2) is 9.59 Å². The molecular formula is C17H13N3O5. The van der Waals surface area contributed by atoms with Crippen LogP contribution in [-0.2, 0) is 11.3 Å². The van der Waals surface area contributed by atoms with Crippen molar-refractivity contribution in [2.45, 2.75) is 6.61 Å². The molecule has 0 aliphatic carbocycles. The number of hydrogen-bond donors (Lipinski definition) is 2. The van der Waals surface area contributed by atoms with E-state index >= 15 is 0 Å². The summed E-state index contributed by atoms with van der Waals surface area (Å²) in [6.45, 7) is -0.235. The van der Waals surface area contributed by atoms with Gasteiger partial charge >= 0.3 is 12.1 Å². The minimum atomic E-state index is -1.15. The lowest BCUT2D eigenvalue weighted by Crippen LogP contribution is -2.16. The summed E-state index contributed by atoms with van der Waals surface area (Å²) >= 11 is 0. The molecule has 0 atom stereocenters. The fourth-order valence-electron chi connectivity index (χ4n) is 2.07. The number of aromatic carboxylic acids is 1. The lowest BCUT2D eigenvalue weighted by molar-refractivity contribution is 0.0698. The number of nitrogens with zero attached hydrogens (tertiary/aromatic N) is 2. The number of amides is 1. The van der Waals surface area contributed by atoms with Crippen molar-refractivity contribution >= 4 is 17.7 Å². The highest BCUT2D eigenvalue weighted by Crippen LogP contribution is 2.17. The van der Waals surface area contributed by atoms with Crippen LogP contribution < -0.4 is 5.32 Å². The first-order valence-corrected chi connectivity index (χ1v) is 7.27. The Hall–Kier alpha value is -3.68. The van der Waals surface area contributed by atoms with Crippen LogP contribution in [0.25, 0.3) is 11.4 Å². The zero-order chi connectivity index (χ0) is 17.6. The Morgan fingerprint density at radius 3 is 2.56 bits per heavy atom. The molecule has 25 heavy (non-hydrogen) atoms. The van der Waals surface area contributed by atoms with Crippen molar-refractivity contribution in [3.63, 3.8) is 0 Å². The number of aromatic nitrogens is 2. The van der Waals surface area contributed by atoms with Crippen LogP contribution in [0.4, 0.5) is 10.5 Å². The van der Waals surface area contributed by atoms with E-state index in [-0.39, 0.29) is 23.7 Å². The highest BCUT2D eigenvalue weighted by atomic mass is 16.6. The molecule has 8 nitrogen and oxygen atoms in total. The molecule has 0 bridgehead atoms. The molecule has 0 spiro atoms. The highest BCUT2D eigenvalue weighted by Gasteiger charge is 2.14. The van der Waals surface area contributed by atoms with Gasteiger partial charge in [0, 0.05) is 5.56 Å². The zero-order valence-corrected chi connectivity index (χ0v) is 12.9. The van der Waals surface area contributed by atoms with E-state index in [1.807, 2.05) is 30.3 Å². The third kappa shape index (κ3) is 3.99. The van der Waals surface area contributed by atoms with E-state index in [9.17, 15) is 9.59 Å². The first-order valence-electron chi connectivity index (χ1n) is 7.27. The fraction of sp³-hybridized carbons (Fsp3) is 0.0588. The van der Waals surface area contributed by atoms with Gasteiger partial charge in [-0.1, -0.05) is 47.6 Å². The molecule has 1 aromatic heterocycles. The van der Waals surface area contributed by atoms with E-state index in [0.717, 1.165) is 5.56 Å². The molecule has 0 radical (unpaired) electrons. The molecule has 126 valence electrons. The maximum absolute atomic E-state index is 11.8. The largest absolute Gasteiger partial charge is 0.478 e. The fourth-order valence-corrected chi connectivity index (χ4v) is 2.07. The number of benzene rings is 2. The molecule has 0 aliphatic rings. The lowest BCUT2D eigenvalue weighted by Gasteiger charge is -2.07. The summed E-state index contributed by atoms with van der Waals surface area (Å²) in [5.74, 6) is -0.642. The first kappa shape index (κ1) is 16.2. The Morgan fingerprint density at radius 1 is 1.08 bits per heavy atom. The molecular weight excluding hydrogens is 326 g/mol. The smallest absolute Gasteiger partial charge is 0.412 e. The normalized spacial score (nSPS) is 10.2. The third-order valence-electron chi connectivity index (χ3n) is 3.22. The van der Waals surface area contributed by atoms with Crippen LogP contribution in [-0.4, -0.2) is 27.3 Å². The zero-order valence-electron chi connectivity index (χ0n) is 12.9. The number of rotatable bonds is 5. The van der Waals surface area contributed by atoms with Crippen LogP contribution in [0.15, 0.2) is 59.1 Å². The summed E-state index contributed by atoms with van der Waals surface area (Å²) in [7, 11) is 0. The van der Waals surface area contributed by atoms with Crippen LogP contribution in [0.5, 0.6) is 0 Å². The summed E-state index contributed by atoms with van der Waals surface area (Å²) in [5, 5.41) is 15.3. The number of carboxylic acids is 1. The molecule has 3 aromatic rings. The van der Waals surface area contributed by atoms with E-state index < -0.39 is 12.1 Å². The average Bonchev–Trinajstić information content (AvgIpc) is 3.10. The van der Waals surface area contributed by atoms with Gasteiger partial charge in [0.2, 0.25) is 5.82 Å². The monoisotopic (exact) mass is 339 g/mol. The number of ether oxygens (including phenoxy) is 1. The number of carbonyl (C=O) groups is 2. The third-order valence-corrected chi connectivity index (χ3v) is 3.22. The predicted octanol–water partition coefficient (Wildman–Crippen LogP) is 3.18. The number of hydrogen-bond acceptors (Lipinski definition) is 6. The van der Waals surface area contributed by atoms with Crippen LogP contribution in [0.1, 0.15) is 16.2 Å². The van der Waals surface area contributed by atoms with Gasteiger partial charge < -0.3 is 14.4 Å². The molecule has 0 aliphatic heterocycles. The number of carbonyl (C=O) groups excluding carboxylic acids is 1. The summed E-state index contributed by atoms with van der Waals surface area (Å²) < 4.78 is 10.00. The molecule has 2 aromatic carbocycles. The molecule has 2 N–H and O–H groups in total. The molecule has 0 saturated heterocycles. The van der Waals surface area contributed by atoms with Crippen molar-refractivity contribution in [2.24, 2.45) is 0 Å². The second-order valence-electron chi connectivity index (χ2n) is 4.93. The summed E-state index contributed by atoms with van der Waals surface area (Å²) in [6, 6.07) is 15.2. The van der Waals surface area contributed by atoms with Gasteiger partial charge in [-0.3, -0.25) is 5.32 Å². The second-order valence-corrected chi connectivity index (χ2v) is 4.93. The van der Waals surface area contributed by atoms with E-state index in [1.165, 1.54) is 12.1 Å².